The van der Waals surface area contributed by atoms with Crippen molar-refractivity contribution in [2.75, 3.05) is 20.1 Å². The minimum Gasteiger partial charge on any atom is -0.355 e. The Morgan fingerprint density at radius 3 is 2.85 bits per heavy atom. The molecule has 1 fully saturated rings. The molecule has 1 aliphatic heterocycles. The van der Waals surface area contributed by atoms with Crippen molar-refractivity contribution in [2.45, 2.75) is 51.9 Å². The Hall–Kier alpha value is -2.41. The molecule has 0 radical (unpaired) electrons. The lowest BCUT2D eigenvalue weighted by atomic mass is 10.2. The lowest BCUT2D eigenvalue weighted by molar-refractivity contribution is 0.258. The summed E-state index contributed by atoms with van der Waals surface area (Å²) in [5.74, 6) is 1.88. The highest BCUT2D eigenvalue weighted by molar-refractivity contribution is 5.80. The van der Waals surface area contributed by atoms with E-state index in [1.807, 2.05) is 7.05 Å². The van der Waals surface area contributed by atoms with Gasteiger partial charge in [0.25, 0.3) is 0 Å². The van der Waals surface area contributed by atoms with E-state index < -0.39 is 0 Å². The monoisotopic (exact) mass is 369 g/mol. The predicted molar refractivity (Wildman–Crippen MR) is 109 cm³/mol. The summed E-state index contributed by atoms with van der Waals surface area (Å²) in [6.07, 6.45) is 3.81. The highest BCUT2D eigenvalue weighted by Crippen LogP contribution is 2.20. The fraction of sp³-hybridized carbons (Fsp3) is 0.550. The predicted octanol–water partition coefficient (Wildman–Crippen LogP) is 1.67. The molecule has 2 N–H and O–H groups in total. The van der Waals surface area contributed by atoms with Crippen LogP contribution in [0.1, 0.15) is 31.7 Å². The molecule has 0 saturated carbocycles. The second-order valence-corrected chi connectivity index (χ2v) is 7.13. The summed E-state index contributed by atoms with van der Waals surface area (Å²) in [5.41, 5.74) is 1.37. The van der Waals surface area contributed by atoms with Crippen LogP contribution in [0.3, 0.4) is 0 Å². The average molecular weight is 370 g/mol. The van der Waals surface area contributed by atoms with E-state index in [9.17, 15) is 0 Å². The van der Waals surface area contributed by atoms with Crippen LogP contribution in [0.15, 0.2) is 41.7 Å². The second kappa shape index (κ2) is 9.50. The van der Waals surface area contributed by atoms with Crippen LogP contribution >= 0.6 is 0 Å². The SMILES string of the molecule is CCc1nncn1CCNC(=NC)NC1CC(C)N(Cc2ccccc2)C1. The van der Waals surface area contributed by atoms with Gasteiger partial charge in [0, 0.05) is 51.7 Å². The lowest BCUT2D eigenvalue weighted by Gasteiger charge is -2.21. The molecule has 146 valence electrons. The summed E-state index contributed by atoms with van der Waals surface area (Å²) < 4.78 is 2.08. The number of likely N-dealkylation sites (tertiary alicyclic amines) is 1. The van der Waals surface area contributed by atoms with Gasteiger partial charge in [0.1, 0.15) is 12.2 Å². The second-order valence-electron chi connectivity index (χ2n) is 7.13. The molecule has 7 nitrogen and oxygen atoms in total. The third kappa shape index (κ3) is 5.29. The van der Waals surface area contributed by atoms with E-state index >= 15 is 0 Å². The summed E-state index contributed by atoms with van der Waals surface area (Å²) in [4.78, 5) is 6.92. The molecule has 2 heterocycles. The molecule has 0 amide bonds. The van der Waals surface area contributed by atoms with Crippen LogP contribution in [0.4, 0.5) is 0 Å². The molecule has 1 aromatic carbocycles. The van der Waals surface area contributed by atoms with E-state index in [2.05, 4.69) is 79.5 Å². The number of guanidine groups is 1. The number of hydrogen-bond donors (Lipinski definition) is 2. The number of nitrogens with zero attached hydrogens (tertiary/aromatic N) is 5. The molecule has 0 spiro atoms. The summed E-state index contributed by atoms with van der Waals surface area (Å²) >= 11 is 0. The minimum atomic E-state index is 0.413. The van der Waals surface area contributed by atoms with Crippen molar-refractivity contribution in [2.24, 2.45) is 4.99 Å². The Labute approximate surface area is 161 Å². The Morgan fingerprint density at radius 2 is 2.11 bits per heavy atom. The van der Waals surface area contributed by atoms with Crippen molar-refractivity contribution in [1.29, 1.82) is 0 Å². The summed E-state index contributed by atoms with van der Waals surface area (Å²) in [6.45, 7) is 8.05. The fourth-order valence-corrected chi connectivity index (χ4v) is 3.66. The van der Waals surface area contributed by atoms with Crippen molar-refractivity contribution in [3.05, 3.63) is 48.0 Å². The third-order valence-electron chi connectivity index (χ3n) is 5.15. The van der Waals surface area contributed by atoms with Crippen LogP contribution in [0, 0.1) is 0 Å². The van der Waals surface area contributed by atoms with Crippen LogP contribution in [-0.2, 0) is 19.5 Å². The van der Waals surface area contributed by atoms with E-state index in [4.69, 9.17) is 0 Å². The highest BCUT2D eigenvalue weighted by Gasteiger charge is 2.29. The first-order valence-electron chi connectivity index (χ1n) is 9.81. The van der Waals surface area contributed by atoms with Gasteiger partial charge in [-0.25, -0.2) is 0 Å². The fourth-order valence-electron chi connectivity index (χ4n) is 3.66. The van der Waals surface area contributed by atoms with Gasteiger partial charge in [-0.15, -0.1) is 10.2 Å². The molecule has 2 unspecified atom stereocenters. The number of hydrogen-bond acceptors (Lipinski definition) is 4. The van der Waals surface area contributed by atoms with Crippen LogP contribution in [0.25, 0.3) is 0 Å². The van der Waals surface area contributed by atoms with Gasteiger partial charge in [0.15, 0.2) is 5.96 Å². The topological polar surface area (TPSA) is 70.4 Å². The first-order valence-corrected chi connectivity index (χ1v) is 9.81. The molecular weight excluding hydrogens is 338 g/mol. The normalized spacial score (nSPS) is 20.8. The van der Waals surface area contributed by atoms with Crippen molar-refractivity contribution in [3.8, 4) is 0 Å². The maximum atomic E-state index is 4.38. The molecular formula is C20H31N7. The van der Waals surface area contributed by atoms with Gasteiger partial charge in [0.2, 0.25) is 0 Å². The zero-order valence-corrected chi connectivity index (χ0v) is 16.6. The Balaban J connectivity index is 1.45. The largest absolute Gasteiger partial charge is 0.355 e. The lowest BCUT2D eigenvalue weighted by Crippen LogP contribution is -2.45. The summed E-state index contributed by atoms with van der Waals surface area (Å²) in [6, 6.07) is 11.7. The van der Waals surface area contributed by atoms with Gasteiger partial charge in [-0.2, -0.15) is 0 Å². The molecule has 1 aliphatic rings. The third-order valence-corrected chi connectivity index (χ3v) is 5.15. The molecule has 2 aromatic rings. The van der Waals surface area contributed by atoms with Crippen LogP contribution in [0.5, 0.6) is 0 Å². The average Bonchev–Trinajstić information content (AvgIpc) is 3.28. The first-order chi connectivity index (χ1) is 13.2. The number of aromatic nitrogens is 3. The van der Waals surface area contributed by atoms with E-state index in [0.717, 1.165) is 50.8 Å². The molecule has 0 bridgehead atoms. The van der Waals surface area contributed by atoms with Crippen molar-refractivity contribution < 1.29 is 0 Å². The standard InChI is InChI=1S/C20H31N7/c1-4-19-25-23-15-26(19)11-10-22-20(21-3)24-18-12-16(2)27(14-18)13-17-8-6-5-7-9-17/h5-9,15-16,18H,4,10-14H2,1-3H3,(H2,21,22,24). The van der Waals surface area contributed by atoms with Crippen LogP contribution < -0.4 is 10.6 Å². The Bertz CT molecular complexity index is 725. The molecule has 1 saturated heterocycles. The van der Waals surface area contributed by atoms with Gasteiger partial charge >= 0.3 is 0 Å². The summed E-state index contributed by atoms with van der Waals surface area (Å²) in [7, 11) is 1.83. The Morgan fingerprint density at radius 1 is 1.30 bits per heavy atom. The summed E-state index contributed by atoms with van der Waals surface area (Å²) in [5, 5.41) is 15.1. The Kier molecular flexibility index (Phi) is 6.81. The number of nitrogens with one attached hydrogen (secondary N) is 2. The van der Waals surface area contributed by atoms with Crippen molar-refractivity contribution in [1.82, 2.24) is 30.3 Å². The first kappa shape index (κ1) is 19.4. The zero-order chi connectivity index (χ0) is 19.1. The number of rotatable bonds is 7. The van der Waals surface area contributed by atoms with Crippen LogP contribution in [-0.4, -0.2) is 57.8 Å². The van der Waals surface area contributed by atoms with Gasteiger partial charge in [-0.1, -0.05) is 37.3 Å². The minimum absolute atomic E-state index is 0.413. The van der Waals surface area contributed by atoms with Crippen molar-refractivity contribution in [3.63, 3.8) is 0 Å². The number of aryl methyl sites for hydroxylation is 1. The number of aliphatic imine (C=N–C) groups is 1. The highest BCUT2D eigenvalue weighted by atomic mass is 15.3. The zero-order valence-electron chi connectivity index (χ0n) is 16.6. The van der Waals surface area contributed by atoms with Crippen molar-refractivity contribution >= 4 is 5.96 Å². The van der Waals surface area contributed by atoms with E-state index in [1.54, 1.807) is 6.33 Å². The van der Waals surface area contributed by atoms with E-state index in [0.29, 0.717) is 12.1 Å². The smallest absolute Gasteiger partial charge is 0.191 e. The molecule has 1 aromatic heterocycles. The van der Waals surface area contributed by atoms with Gasteiger partial charge in [0.05, 0.1) is 0 Å². The van der Waals surface area contributed by atoms with Gasteiger partial charge < -0.3 is 15.2 Å². The molecule has 3 rings (SSSR count). The molecule has 0 aliphatic carbocycles. The molecule has 2 atom stereocenters. The number of benzene rings is 1. The van der Waals surface area contributed by atoms with E-state index in [1.165, 1.54) is 5.56 Å². The molecule has 7 heteroatoms. The van der Waals surface area contributed by atoms with E-state index in [-0.39, 0.29) is 0 Å². The van der Waals surface area contributed by atoms with Gasteiger partial charge in [-0.05, 0) is 18.9 Å². The van der Waals surface area contributed by atoms with Crippen LogP contribution in [0.2, 0.25) is 0 Å². The molecule has 27 heavy (non-hydrogen) atoms. The maximum Gasteiger partial charge on any atom is 0.191 e. The quantitative estimate of drug-likeness (QED) is 0.574. The maximum absolute atomic E-state index is 4.38. The van der Waals surface area contributed by atoms with Gasteiger partial charge in [-0.3, -0.25) is 9.89 Å².